The van der Waals surface area contributed by atoms with E-state index in [0.29, 0.717) is 24.2 Å². The quantitative estimate of drug-likeness (QED) is 0.867. The van der Waals surface area contributed by atoms with Crippen molar-refractivity contribution >= 4 is 11.4 Å². The summed E-state index contributed by atoms with van der Waals surface area (Å²) >= 11 is 0. The number of rotatable bonds is 4. The number of benzene rings is 1. The largest absolute Gasteiger partial charge is 0.432 e. The monoisotopic (exact) mass is 303 g/mol. The zero-order valence-electron chi connectivity index (χ0n) is 12.3. The molecule has 2 N–H and O–H groups in total. The van der Waals surface area contributed by atoms with Gasteiger partial charge < -0.3 is 20.3 Å². The number of anilines is 2. The van der Waals surface area contributed by atoms with Gasteiger partial charge in [-0.1, -0.05) is 6.92 Å². The highest BCUT2D eigenvalue weighted by Crippen LogP contribution is 2.35. The van der Waals surface area contributed by atoms with Crippen LogP contribution in [0.5, 0.6) is 5.75 Å². The molecule has 1 aliphatic rings. The highest BCUT2D eigenvalue weighted by Gasteiger charge is 2.32. The second kappa shape index (κ2) is 6.01. The van der Waals surface area contributed by atoms with Gasteiger partial charge in [-0.3, -0.25) is 0 Å². The molecule has 0 aromatic heterocycles. The van der Waals surface area contributed by atoms with Crippen LogP contribution in [0.15, 0.2) is 12.1 Å². The molecule has 0 amide bonds. The zero-order valence-corrected chi connectivity index (χ0v) is 12.3. The van der Waals surface area contributed by atoms with Crippen LogP contribution >= 0.6 is 0 Å². The van der Waals surface area contributed by atoms with E-state index in [-0.39, 0.29) is 5.69 Å². The van der Waals surface area contributed by atoms with Crippen molar-refractivity contribution < 1.29 is 17.9 Å². The lowest BCUT2D eigenvalue weighted by atomic mass is 10.1. The molecule has 0 bridgehead atoms. The summed E-state index contributed by atoms with van der Waals surface area (Å²) in [6.45, 7) is 0.481. The van der Waals surface area contributed by atoms with Crippen molar-refractivity contribution in [1.82, 2.24) is 4.90 Å². The lowest BCUT2D eigenvalue weighted by Gasteiger charge is -2.24. The van der Waals surface area contributed by atoms with Crippen LogP contribution < -0.4 is 15.4 Å². The van der Waals surface area contributed by atoms with Crippen molar-refractivity contribution in [2.75, 3.05) is 37.8 Å². The molecule has 118 valence electrons. The van der Waals surface area contributed by atoms with Gasteiger partial charge in [-0.05, 0) is 20.0 Å². The van der Waals surface area contributed by atoms with Crippen molar-refractivity contribution in [2.24, 2.45) is 5.92 Å². The number of ether oxygens (including phenoxy) is 1. The molecule has 2 rings (SSSR count). The maximum absolute atomic E-state index is 13.6. The summed E-state index contributed by atoms with van der Waals surface area (Å²) in [6, 6.07) is 2.61. The SMILES string of the molecule is CC1CN(c2cc(OC(F)F)c(F)cc2N)CC1N(C)C. The normalized spacial score (nSPS) is 22.4. The highest BCUT2D eigenvalue weighted by molar-refractivity contribution is 5.70. The van der Waals surface area contributed by atoms with Crippen molar-refractivity contribution in [3.8, 4) is 5.75 Å². The average Bonchev–Trinajstić information content (AvgIpc) is 2.74. The smallest absolute Gasteiger partial charge is 0.387 e. The Morgan fingerprint density at radius 1 is 1.33 bits per heavy atom. The lowest BCUT2D eigenvalue weighted by molar-refractivity contribution is -0.0521. The minimum absolute atomic E-state index is 0.223. The minimum Gasteiger partial charge on any atom is -0.432 e. The Morgan fingerprint density at radius 3 is 2.52 bits per heavy atom. The van der Waals surface area contributed by atoms with Crippen molar-refractivity contribution in [1.29, 1.82) is 0 Å². The van der Waals surface area contributed by atoms with E-state index in [9.17, 15) is 13.2 Å². The van der Waals surface area contributed by atoms with Crippen molar-refractivity contribution in [3.63, 3.8) is 0 Å². The maximum Gasteiger partial charge on any atom is 0.387 e. The number of halogens is 3. The first-order chi connectivity index (χ1) is 9.79. The van der Waals surface area contributed by atoms with Gasteiger partial charge in [0.2, 0.25) is 0 Å². The topological polar surface area (TPSA) is 41.7 Å². The van der Waals surface area contributed by atoms with Crippen molar-refractivity contribution in [2.45, 2.75) is 19.6 Å². The van der Waals surface area contributed by atoms with Crippen LogP contribution in [0.1, 0.15) is 6.92 Å². The number of nitrogens with zero attached hydrogens (tertiary/aromatic N) is 2. The maximum atomic E-state index is 13.6. The molecule has 1 aromatic rings. The van der Waals surface area contributed by atoms with E-state index in [2.05, 4.69) is 16.6 Å². The molecule has 0 radical (unpaired) electrons. The predicted molar refractivity (Wildman–Crippen MR) is 76.3 cm³/mol. The Bertz CT molecular complexity index is 510. The van der Waals surface area contributed by atoms with Gasteiger partial charge in [0.05, 0.1) is 11.4 Å². The fourth-order valence-corrected chi connectivity index (χ4v) is 2.84. The van der Waals surface area contributed by atoms with Gasteiger partial charge in [-0.2, -0.15) is 8.78 Å². The van der Waals surface area contributed by atoms with Gasteiger partial charge in [0.15, 0.2) is 11.6 Å². The first kappa shape index (κ1) is 15.8. The van der Waals surface area contributed by atoms with E-state index < -0.39 is 18.2 Å². The van der Waals surface area contributed by atoms with E-state index in [4.69, 9.17) is 5.73 Å². The third kappa shape index (κ3) is 3.34. The van der Waals surface area contributed by atoms with E-state index in [1.165, 1.54) is 6.07 Å². The third-order valence-electron chi connectivity index (χ3n) is 3.87. The second-order valence-corrected chi connectivity index (χ2v) is 5.63. The molecule has 4 nitrogen and oxygen atoms in total. The molecular formula is C14H20F3N3O. The van der Waals surface area contributed by atoms with Crippen LogP contribution in [-0.2, 0) is 0 Å². The molecule has 1 aromatic carbocycles. The zero-order chi connectivity index (χ0) is 15.7. The van der Waals surface area contributed by atoms with Gasteiger partial charge in [-0.15, -0.1) is 0 Å². The Kier molecular flexibility index (Phi) is 4.51. The van der Waals surface area contributed by atoms with Crippen LogP contribution in [-0.4, -0.2) is 44.7 Å². The van der Waals surface area contributed by atoms with Crippen LogP contribution in [0.25, 0.3) is 0 Å². The van der Waals surface area contributed by atoms with Crippen molar-refractivity contribution in [3.05, 3.63) is 17.9 Å². The molecule has 0 aliphatic carbocycles. The Balaban J connectivity index is 2.28. The fraction of sp³-hybridized carbons (Fsp3) is 0.571. The number of nitrogens with two attached hydrogens (primary N) is 1. The summed E-state index contributed by atoms with van der Waals surface area (Å²) < 4.78 is 42.4. The summed E-state index contributed by atoms with van der Waals surface area (Å²) in [5, 5.41) is 0. The number of hydrogen-bond donors (Lipinski definition) is 1. The van der Waals surface area contributed by atoms with E-state index in [0.717, 1.165) is 12.6 Å². The third-order valence-corrected chi connectivity index (χ3v) is 3.87. The molecule has 1 heterocycles. The Hall–Kier alpha value is -1.63. The first-order valence-corrected chi connectivity index (χ1v) is 6.74. The number of hydrogen-bond acceptors (Lipinski definition) is 4. The summed E-state index contributed by atoms with van der Waals surface area (Å²) in [5.41, 5.74) is 6.58. The molecular weight excluding hydrogens is 283 g/mol. The minimum atomic E-state index is -3.07. The summed E-state index contributed by atoms with van der Waals surface area (Å²) in [4.78, 5) is 4.09. The molecule has 1 aliphatic heterocycles. The number of nitrogen functional groups attached to an aromatic ring is 1. The molecule has 2 atom stereocenters. The number of likely N-dealkylation sites (N-methyl/N-ethyl adjacent to an activating group) is 1. The lowest BCUT2D eigenvalue weighted by Crippen LogP contribution is -2.34. The molecule has 21 heavy (non-hydrogen) atoms. The Labute approximate surface area is 122 Å². The highest BCUT2D eigenvalue weighted by atomic mass is 19.3. The van der Waals surface area contributed by atoms with Gasteiger partial charge in [-0.25, -0.2) is 4.39 Å². The summed E-state index contributed by atoms with van der Waals surface area (Å²) in [6.07, 6.45) is 0. The summed E-state index contributed by atoms with van der Waals surface area (Å²) in [7, 11) is 3.98. The predicted octanol–water partition coefficient (Wildman–Crippen LogP) is 2.40. The van der Waals surface area contributed by atoms with Crippen LogP contribution in [0.2, 0.25) is 0 Å². The van der Waals surface area contributed by atoms with Crippen LogP contribution in [0.4, 0.5) is 24.5 Å². The van der Waals surface area contributed by atoms with Crippen LogP contribution in [0, 0.1) is 11.7 Å². The standard InChI is InChI=1S/C14H20F3N3O/c1-8-6-20(7-12(8)19(2)3)11-5-13(21-14(16)17)9(15)4-10(11)18/h4-5,8,12,14H,6-7,18H2,1-3H3. The second-order valence-electron chi connectivity index (χ2n) is 5.63. The number of alkyl halides is 2. The summed E-state index contributed by atoms with van der Waals surface area (Å²) in [5.74, 6) is -0.966. The molecule has 0 saturated carbocycles. The first-order valence-electron chi connectivity index (χ1n) is 6.74. The molecule has 1 fully saturated rings. The molecule has 7 heteroatoms. The van der Waals surface area contributed by atoms with Gasteiger partial charge in [0.1, 0.15) is 0 Å². The fourth-order valence-electron chi connectivity index (χ4n) is 2.84. The Morgan fingerprint density at radius 2 is 2.00 bits per heavy atom. The molecule has 2 unspecified atom stereocenters. The van der Waals surface area contributed by atoms with E-state index >= 15 is 0 Å². The molecule has 0 spiro atoms. The van der Waals surface area contributed by atoms with E-state index in [1.54, 1.807) is 0 Å². The van der Waals surface area contributed by atoms with Crippen LogP contribution in [0.3, 0.4) is 0 Å². The van der Waals surface area contributed by atoms with Gasteiger partial charge in [0.25, 0.3) is 0 Å². The van der Waals surface area contributed by atoms with Gasteiger partial charge >= 0.3 is 6.61 Å². The molecule has 1 saturated heterocycles. The van der Waals surface area contributed by atoms with E-state index in [1.807, 2.05) is 19.0 Å². The average molecular weight is 303 g/mol. The van der Waals surface area contributed by atoms with Gasteiger partial charge in [0, 0.05) is 31.3 Å².